The first kappa shape index (κ1) is 13.3. The minimum atomic E-state index is 0.216. The van der Waals surface area contributed by atoms with Gasteiger partial charge in [-0.15, -0.1) is 0 Å². The summed E-state index contributed by atoms with van der Waals surface area (Å²) in [7, 11) is 0. The Morgan fingerprint density at radius 1 is 1.28 bits per heavy atom. The highest BCUT2D eigenvalue weighted by Gasteiger charge is 2.06. The van der Waals surface area contributed by atoms with Crippen LogP contribution in [-0.4, -0.2) is 4.98 Å². The molecule has 0 unspecified atom stereocenters. The molecule has 94 valence electrons. The Balaban J connectivity index is 2.01. The summed E-state index contributed by atoms with van der Waals surface area (Å²) in [5, 5.41) is 4.83. The summed E-state index contributed by atoms with van der Waals surface area (Å²) in [6.45, 7) is 2.77. The molecule has 0 saturated carbocycles. The first-order valence-electron chi connectivity index (χ1n) is 5.74. The quantitative estimate of drug-likeness (QED) is 0.906. The third-order valence-electron chi connectivity index (χ3n) is 2.79. The number of benzene rings is 1. The van der Waals surface area contributed by atoms with E-state index in [4.69, 9.17) is 23.2 Å². The highest BCUT2D eigenvalue weighted by atomic mass is 35.5. The lowest BCUT2D eigenvalue weighted by Crippen LogP contribution is -2.18. The van der Waals surface area contributed by atoms with E-state index < -0.39 is 0 Å². The smallest absolute Gasteiger partial charge is 0.0451 e. The average molecular weight is 281 g/mol. The maximum absolute atomic E-state index is 6.11. The summed E-state index contributed by atoms with van der Waals surface area (Å²) in [6.07, 6.45) is 3.63. The second kappa shape index (κ2) is 6.19. The molecule has 0 aliphatic heterocycles. The van der Waals surface area contributed by atoms with Crippen molar-refractivity contribution < 1.29 is 0 Å². The Bertz CT molecular complexity index is 514. The van der Waals surface area contributed by atoms with Crippen molar-refractivity contribution >= 4 is 23.2 Å². The molecule has 0 saturated heterocycles. The van der Waals surface area contributed by atoms with Crippen molar-refractivity contribution in [1.29, 1.82) is 0 Å². The first-order chi connectivity index (χ1) is 8.66. The first-order valence-corrected chi connectivity index (χ1v) is 6.49. The fraction of sp³-hybridized carbons (Fsp3) is 0.214. The Hall–Kier alpha value is -1.09. The van der Waals surface area contributed by atoms with Crippen molar-refractivity contribution in [2.24, 2.45) is 0 Å². The van der Waals surface area contributed by atoms with Crippen LogP contribution >= 0.6 is 23.2 Å². The highest BCUT2D eigenvalue weighted by molar-refractivity contribution is 6.33. The van der Waals surface area contributed by atoms with Crippen LogP contribution in [0, 0.1) is 0 Å². The topological polar surface area (TPSA) is 24.9 Å². The number of hydrogen-bond acceptors (Lipinski definition) is 2. The number of pyridine rings is 1. The van der Waals surface area contributed by atoms with Crippen LogP contribution in [0.25, 0.3) is 0 Å². The van der Waals surface area contributed by atoms with E-state index in [2.05, 4.69) is 17.2 Å². The standard InChI is InChI=1S/C14H14Cl2N2/c1-10(11-3-2-6-17-8-11)18-9-12-7-13(15)4-5-14(12)16/h2-8,10,18H,9H2,1H3/t10-/m0/s1. The summed E-state index contributed by atoms with van der Waals surface area (Å²) in [6, 6.07) is 9.68. The van der Waals surface area contributed by atoms with Crippen molar-refractivity contribution in [3.63, 3.8) is 0 Å². The molecule has 0 fully saturated rings. The Labute approximate surface area is 117 Å². The molecule has 0 amide bonds. The number of rotatable bonds is 4. The number of nitrogens with one attached hydrogen (secondary N) is 1. The van der Waals surface area contributed by atoms with Crippen LogP contribution in [0.1, 0.15) is 24.1 Å². The molecule has 2 nitrogen and oxygen atoms in total. The monoisotopic (exact) mass is 280 g/mol. The summed E-state index contributed by atoms with van der Waals surface area (Å²) in [4.78, 5) is 4.11. The van der Waals surface area contributed by atoms with E-state index in [1.165, 1.54) is 0 Å². The lowest BCUT2D eigenvalue weighted by Gasteiger charge is -2.14. The van der Waals surface area contributed by atoms with Gasteiger partial charge in [0.05, 0.1) is 0 Å². The van der Waals surface area contributed by atoms with Gasteiger partial charge in [-0.2, -0.15) is 0 Å². The van der Waals surface area contributed by atoms with Crippen LogP contribution in [-0.2, 0) is 6.54 Å². The van der Waals surface area contributed by atoms with Crippen molar-refractivity contribution in [1.82, 2.24) is 10.3 Å². The third kappa shape index (κ3) is 3.45. The van der Waals surface area contributed by atoms with Crippen molar-refractivity contribution in [2.45, 2.75) is 19.5 Å². The van der Waals surface area contributed by atoms with Gasteiger partial charge in [-0.3, -0.25) is 4.98 Å². The second-order valence-electron chi connectivity index (χ2n) is 4.12. The zero-order chi connectivity index (χ0) is 13.0. The molecule has 1 N–H and O–H groups in total. The zero-order valence-electron chi connectivity index (χ0n) is 10.0. The van der Waals surface area contributed by atoms with Crippen LogP contribution < -0.4 is 5.32 Å². The van der Waals surface area contributed by atoms with Gasteiger partial charge in [0.2, 0.25) is 0 Å². The average Bonchev–Trinajstić information content (AvgIpc) is 2.40. The minimum Gasteiger partial charge on any atom is -0.306 e. The number of hydrogen-bond donors (Lipinski definition) is 1. The highest BCUT2D eigenvalue weighted by Crippen LogP contribution is 2.21. The second-order valence-corrected chi connectivity index (χ2v) is 4.97. The van der Waals surface area contributed by atoms with E-state index in [9.17, 15) is 0 Å². The molecule has 4 heteroatoms. The predicted molar refractivity (Wildman–Crippen MR) is 76.0 cm³/mol. The molecular formula is C14H14Cl2N2. The Morgan fingerprint density at radius 2 is 2.11 bits per heavy atom. The van der Waals surface area contributed by atoms with Gasteiger partial charge < -0.3 is 5.32 Å². The van der Waals surface area contributed by atoms with Crippen molar-refractivity contribution in [3.05, 3.63) is 63.9 Å². The van der Waals surface area contributed by atoms with Gasteiger partial charge in [0.15, 0.2) is 0 Å². The van der Waals surface area contributed by atoms with Crippen LogP contribution in [0.5, 0.6) is 0 Å². The van der Waals surface area contributed by atoms with Gasteiger partial charge in [-0.25, -0.2) is 0 Å². The lowest BCUT2D eigenvalue weighted by molar-refractivity contribution is 0.573. The Kier molecular flexibility index (Phi) is 4.59. The largest absolute Gasteiger partial charge is 0.306 e. The van der Waals surface area contributed by atoms with E-state index in [-0.39, 0.29) is 6.04 Å². The van der Waals surface area contributed by atoms with Crippen LogP contribution in [0.3, 0.4) is 0 Å². The molecule has 0 aliphatic carbocycles. The number of aromatic nitrogens is 1. The van der Waals surface area contributed by atoms with E-state index >= 15 is 0 Å². The van der Waals surface area contributed by atoms with E-state index in [1.54, 1.807) is 12.3 Å². The van der Waals surface area contributed by atoms with E-state index in [0.29, 0.717) is 11.6 Å². The molecule has 2 rings (SSSR count). The fourth-order valence-corrected chi connectivity index (χ4v) is 2.07. The summed E-state index contributed by atoms with van der Waals surface area (Å²) < 4.78 is 0. The summed E-state index contributed by atoms with van der Waals surface area (Å²) in [5.74, 6) is 0. The maximum Gasteiger partial charge on any atom is 0.0451 e. The number of nitrogens with zero attached hydrogens (tertiary/aromatic N) is 1. The minimum absolute atomic E-state index is 0.216. The molecule has 1 atom stereocenters. The number of halogens is 2. The molecule has 18 heavy (non-hydrogen) atoms. The summed E-state index contributed by atoms with van der Waals surface area (Å²) in [5.41, 5.74) is 2.15. The maximum atomic E-state index is 6.11. The molecule has 1 aromatic carbocycles. The van der Waals surface area contributed by atoms with Crippen LogP contribution in [0.15, 0.2) is 42.7 Å². The SMILES string of the molecule is C[C@H](NCc1cc(Cl)ccc1Cl)c1cccnc1. The van der Waals surface area contributed by atoms with Crippen molar-refractivity contribution in [2.75, 3.05) is 0 Å². The predicted octanol–water partition coefficient (Wildman–Crippen LogP) is 4.24. The van der Waals surface area contributed by atoms with Gasteiger partial charge in [0, 0.05) is 35.0 Å². The molecule has 1 heterocycles. The molecule has 2 aromatic rings. The normalized spacial score (nSPS) is 12.4. The Morgan fingerprint density at radius 3 is 2.83 bits per heavy atom. The van der Waals surface area contributed by atoms with Gasteiger partial charge in [-0.05, 0) is 42.3 Å². The molecule has 0 aliphatic rings. The van der Waals surface area contributed by atoms with Gasteiger partial charge in [-0.1, -0.05) is 29.3 Å². The zero-order valence-corrected chi connectivity index (χ0v) is 11.5. The van der Waals surface area contributed by atoms with E-state index in [1.807, 2.05) is 30.5 Å². The van der Waals surface area contributed by atoms with Crippen molar-refractivity contribution in [3.8, 4) is 0 Å². The molecule has 0 spiro atoms. The molecule has 1 aromatic heterocycles. The summed E-state index contributed by atoms with van der Waals surface area (Å²) >= 11 is 12.1. The van der Waals surface area contributed by atoms with Gasteiger partial charge in [0.25, 0.3) is 0 Å². The van der Waals surface area contributed by atoms with Crippen LogP contribution in [0.4, 0.5) is 0 Å². The fourth-order valence-electron chi connectivity index (χ4n) is 1.69. The third-order valence-corrected chi connectivity index (χ3v) is 3.39. The molecule has 0 bridgehead atoms. The molecule has 0 radical (unpaired) electrons. The van der Waals surface area contributed by atoms with Gasteiger partial charge >= 0.3 is 0 Å². The van der Waals surface area contributed by atoms with Crippen LogP contribution in [0.2, 0.25) is 10.0 Å². The van der Waals surface area contributed by atoms with E-state index in [0.717, 1.165) is 16.1 Å². The lowest BCUT2D eigenvalue weighted by atomic mass is 10.1. The molecular weight excluding hydrogens is 267 g/mol. The van der Waals surface area contributed by atoms with Gasteiger partial charge in [0.1, 0.15) is 0 Å².